The number of primary amides is 1. The first-order valence-electron chi connectivity index (χ1n) is 8.08. The average molecular weight is 331 g/mol. The molecule has 3 heterocycles. The first-order valence-corrected chi connectivity index (χ1v) is 9.69. The fraction of sp³-hybridized carbons (Fsp3) is 0.929. The third kappa shape index (κ3) is 2.66. The van der Waals surface area contributed by atoms with Gasteiger partial charge in [0.25, 0.3) is 0 Å². The molecule has 0 aromatic carbocycles. The van der Waals surface area contributed by atoms with Crippen LogP contribution in [0.1, 0.15) is 38.5 Å². The largest absolute Gasteiger partial charge is 0.390 e. The topological polar surface area (TPSA) is 104 Å². The zero-order valence-corrected chi connectivity index (χ0v) is 13.6. The first-order chi connectivity index (χ1) is 10.3. The van der Waals surface area contributed by atoms with Crippen molar-refractivity contribution in [2.45, 2.75) is 56.2 Å². The minimum atomic E-state index is -3.20. The van der Waals surface area contributed by atoms with Gasteiger partial charge in [-0.25, -0.2) is 8.42 Å². The highest BCUT2D eigenvalue weighted by molar-refractivity contribution is 7.89. The number of nitrogens with two attached hydrogens (primary N) is 1. The van der Waals surface area contributed by atoms with Crippen molar-refractivity contribution in [3.05, 3.63) is 0 Å². The third-order valence-corrected chi connectivity index (χ3v) is 7.42. The summed E-state index contributed by atoms with van der Waals surface area (Å²) < 4.78 is 25.0. The van der Waals surface area contributed by atoms with E-state index in [-0.39, 0.29) is 24.2 Å². The van der Waals surface area contributed by atoms with Gasteiger partial charge in [-0.2, -0.15) is 4.31 Å². The maximum Gasteiger partial charge on any atom is 0.237 e. The molecule has 8 heteroatoms. The zero-order chi connectivity index (χ0) is 16.0. The van der Waals surface area contributed by atoms with Crippen LogP contribution in [0.15, 0.2) is 0 Å². The van der Waals surface area contributed by atoms with E-state index in [1.807, 2.05) is 4.90 Å². The number of rotatable bonds is 5. The molecule has 3 atom stereocenters. The van der Waals surface area contributed by atoms with E-state index in [1.54, 1.807) is 0 Å². The van der Waals surface area contributed by atoms with Crippen LogP contribution >= 0.6 is 0 Å². The lowest BCUT2D eigenvalue weighted by molar-refractivity contribution is -0.132. The molecule has 1 amide bonds. The van der Waals surface area contributed by atoms with Gasteiger partial charge in [0, 0.05) is 25.7 Å². The molecule has 126 valence electrons. The van der Waals surface area contributed by atoms with Gasteiger partial charge in [-0.1, -0.05) is 0 Å². The van der Waals surface area contributed by atoms with Crippen LogP contribution in [0.4, 0.5) is 0 Å². The molecule has 0 aromatic rings. The summed E-state index contributed by atoms with van der Waals surface area (Å²) in [6.45, 7) is 0.907. The molecule has 22 heavy (non-hydrogen) atoms. The van der Waals surface area contributed by atoms with Crippen molar-refractivity contribution >= 4 is 15.9 Å². The fourth-order valence-corrected chi connectivity index (χ4v) is 5.94. The summed E-state index contributed by atoms with van der Waals surface area (Å²) in [6, 6.07) is 0.283. The van der Waals surface area contributed by atoms with Crippen LogP contribution in [0.3, 0.4) is 0 Å². The fourth-order valence-electron chi connectivity index (χ4n) is 4.38. The molecule has 0 aromatic heterocycles. The van der Waals surface area contributed by atoms with Crippen molar-refractivity contribution in [2.24, 2.45) is 5.73 Å². The number of hydrogen-bond donors (Lipinski definition) is 2. The van der Waals surface area contributed by atoms with Gasteiger partial charge in [0.2, 0.25) is 15.9 Å². The lowest BCUT2D eigenvalue weighted by Gasteiger charge is -2.43. The van der Waals surface area contributed by atoms with Crippen LogP contribution < -0.4 is 5.73 Å². The Labute approximate surface area is 131 Å². The van der Waals surface area contributed by atoms with Crippen molar-refractivity contribution < 1.29 is 18.3 Å². The number of β-amino-alcohol motifs (C(OH)–C–C–N with tert-alkyl or cyclic N) is 1. The molecule has 0 aliphatic carbocycles. The van der Waals surface area contributed by atoms with Crippen LogP contribution in [-0.2, 0) is 14.8 Å². The standard InChI is InChI=1S/C14H25N3O4S/c15-13(19)14-5-1-3-11(4-6-14)17(14)10-12(18)9-16-7-2-8-22(16,20)21/h11-12,18H,1-10H2,(H2,15,19)/t11-,12?,14+/m1/s1. The number of carbonyl (C=O) groups excluding carboxylic acids is 1. The molecular weight excluding hydrogens is 306 g/mol. The Bertz CT molecular complexity index is 548. The summed E-state index contributed by atoms with van der Waals surface area (Å²) in [4.78, 5) is 14.0. The van der Waals surface area contributed by atoms with Crippen LogP contribution in [0, 0.1) is 0 Å². The van der Waals surface area contributed by atoms with E-state index >= 15 is 0 Å². The molecular formula is C14H25N3O4S. The number of aliphatic hydroxyl groups excluding tert-OH is 1. The van der Waals surface area contributed by atoms with Gasteiger partial charge in [-0.05, 0) is 38.5 Å². The minimum absolute atomic E-state index is 0.112. The maximum absolute atomic E-state index is 12.0. The quantitative estimate of drug-likeness (QED) is 0.690. The number of sulfonamides is 1. The number of fused-ring (bicyclic) bond motifs is 2. The maximum atomic E-state index is 12.0. The molecule has 1 unspecified atom stereocenters. The Kier molecular flexibility index (Phi) is 4.22. The van der Waals surface area contributed by atoms with E-state index < -0.39 is 21.7 Å². The van der Waals surface area contributed by atoms with Crippen molar-refractivity contribution in [3.63, 3.8) is 0 Å². The number of aliphatic hydroxyl groups is 1. The Morgan fingerprint density at radius 2 is 2.05 bits per heavy atom. The summed E-state index contributed by atoms with van der Waals surface area (Å²) in [5.74, 6) is -0.146. The average Bonchev–Trinajstić information content (AvgIpc) is 2.84. The summed E-state index contributed by atoms with van der Waals surface area (Å²) >= 11 is 0. The van der Waals surface area contributed by atoms with Crippen LogP contribution in [-0.4, -0.2) is 71.7 Å². The molecule has 2 bridgehead atoms. The summed E-state index contributed by atoms with van der Waals surface area (Å²) in [6.07, 6.45) is 4.26. The number of piperidine rings is 1. The predicted octanol–water partition coefficient (Wildman–Crippen LogP) is -0.745. The van der Waals surface area contributed by atoms with E-state index in [1.165, 1.54) is 4.31 Å². The van der Waals surface area contributed by atoms with Crippen LogP contribution in [0.5, 0.6) is 0 Å². The van der Waals surface area contributed by atoms with E-state index in [4.69, 9.17) is 5.73 Å². The Hall–Kier alpha value is -0.700. The third-order valence-electron chi connectivity index (χ3n) is 5.49. The van der Waals surface area contributed by atoms with Gasteiger partial charge in [0.15, 0.2) is 0 Å². The predicted molar refractivity (Wildman–Crippen MR) is 81.5 cm³/mol. The van der Waals surface area contributed by atoms with Gasteiger partial charge in [0.05, 0.1) is 11.9 Å². The van der Waals surface area contributed by atoms with Crippen molar-refractivity contribution in [3.8, 4) is 0 Å². The van der Waals surface area contributed by atoms with Crippen LogP contribution in [0.2, 0.25) is 0 Å². The highest BCUT2D eigenvalue weighted by Gasteiger charge is 2.53. The molecule has 3 aliphatic heterocycles. The van der Waals surface area contributed by atoms with Crippen LogP contribution in [0.25, 0.3) is 0 Å². The van der Waals surface area contributed by atoms with E-state index in [9.17, 15) is 18.3 Å². The second-order valence-corrected chi connectivity index (χ2v) is 8.90. The molecule has 3 rings (SSSR count). The SMILES string of the molecule is NC(=O)[C@]12CCC[C@H](CC1)N2CC(O)CN1CCCS1(=O)=O. The second kappa shape index (κ2) is 5.74. The van der Waals surface area contributed by atoms with Gasteiger partial charge in [0.1, 0.15) is 5.54 Å². The number of amides is 1. The molecule has 0 saturated carbocycles. The Morgan fingerprint density at radius 3 is 2.68 bits per heavy atom. The summed E-state index contributed by atoms with van der Waals surface area (Å²) in [7, 11) is -3.20. The Balaban J connectivity index is 1.68. The molecule has 3 fully saturated rings. The first kappa shape index (κ1) is 16.2. The van der Waals surface area contributed by atoms with Crippen molar-refractivity contribution in [1.82, 2.24) is 9.21 Å². The lowest BCUT2D eigenvalue weighted by atomic mass is 9.87. The van der Waals surface area contributed by atoms with Gasteiger partial charge >= 0.3 is 0 Å². The molecule has 3 aliphatic rings. The number of hydrogen-bond acceptors (Lipinski definition) is 5. The monoisotopic (exact) mass is 331 g/mol. The number of carbonyl (C=O) groups is 1. The summed E-state index contributed by atoms with van der Waals surface area (Å²) in [5, 5.41) is 10.4. The van der Waals surface area contributed by atoms with Gasteiger partial charge in [-0.3, -0.25) is 9.69 Å². The molecule has 0 radical (unpaired) electrons. The molecule has 3 N–H and O–H groups in total. The van der Waals surface area contributed by atoms with Gasteiger partial charge < -0.3 is 10.8 Å². The lowest BCUT2D eigenvalue weighted by Crippen LogP contribution is -2.60. The minimum Gasteiger partial charge on any atom is -0.390 e. The van der Waals surface area contributed by atoms with Crippen molar-refractivity contribution in [1.29, 1.82) is 0 Å². The second-order valence-electron chi connectivity index (χ2n) is 6.81. The zero-order valence-electron chi connectivity index (χ0n) is 12.8. The van der Waals surface area contributed by atoms with E-state index in [0.717, 1.165) is 32.1 Å². The smallest absolute Gasteiger partial charge is 0.237 e. The summed E-state index contributed by atoms with van der Waals surface area (Å²) in [5.41, 5.74) is 5.01. The highest BCUT2D eigenvalue weighted by atomic mass is 32.2. The molecule has 3 saturated heterocycles. The van der Waals surface area contributed by atoms with Crippen molar-refractivity contribution in [2.75, 3.05) is 25.4 Å². The number of nitrogens with zero attached hydrogens (tertiary/aromatic N) is 2. The Morgan fingerprint density at radius 1 is 1.27 bits per heavy atom. The van der Waals surface area contributed by atoms with E-state index in [0.29, 0.717) is 19.5 Å². The highest BCUT2D eigenvalue weighted by Crippen LogP contribution is 2.44. The normalized spacial score (nSPS) is 36.5. The molecule has 0 spiro atoms. The molecule has 7 nitrogen and oxygen atoms in total. The van der Waals surface area contributed by atoms with E-state index in [2.05, 4.69) is 0 Å². The van der Waals surface area contributed by atoms with Gasteiger partial charge in [-0.15, -0.1) is 0 Å².